The summed E-state index contributed by atoms with van der Waals surface area (Å²) in [5, 5.41) is 4.03. The van der Waals surface area contributed by atoms with Crippen molar-refractivity contribution in [3.05, 3.63) is 23.0 Å². The van der Waals surface area contributed by atoms with Gasteiger partial charge in [0.15, 0.2) is 0 Å². The van der Waals surface area contributed by atoms with Crippen LogP contribution in [-0.2, 0) is 0 Å². The van der Waals surface area contributed by atoms with Crippen LogP contribution in [0.25, 0.3) is 0 Å². The zero-order valence-corrected chi connectivity index (χ0v) is 12.3. The number of nitrogens with one attached hydrogen (secondary N) is 2. The third kappa shape index (κ3) is 3.98. The summed E-state index contributed by atoms with van der Waals surface area (Å²) in [6.07, 6.45) is 3.91. The second-order valence-corrected chi connectivity index (χ2v) is 5.99. The molecule has 1 amide bonds. The van der Waals surface area contributed by atoms with Crippen LogP contribution in [0, 0.1) is 5.92 Å². The Bertz CT molecular complexity index is 430. The third-order valence-corrected chi connectivity index (χ3v) is 3.72. The number of H-pyrrole nitrogens is 1. The van der Waals surface area contributed by atoms with E-state index in [1.807, 2.05) is 4.90 Å². The Hall–Kier alpha value is -1.00. The Labute approximate surface area is 119 Å². The first kappa shape index (κ1) is 14.4. The minimum atomic E-state index is 0.0566. The molecule has 0 spiro atoms. The quantitative estimate of drug-likeness (QED) is 0.892. The normalized spacial score (nSPS) is 20.0. The topological polar surface area (TPSA) is 48.1 Å². The van der Waals surface area contributed by atoms with Gasteiger partial charge in [-0.05, 0) is 31.4 Å². The summed E-state index contributed by atoms with van der Waals surface area (Å²) in [5.41, 5.74) is 0.586. The highest BCUT2D eigenvalue weighted by atomic mass is 35.5. The summed E-state index contributed by atoms with van der Waals surface area (Å²) in [4.78, 5) is 17.2. The molecule has 0 radical (unpaired) electrons. The van der Waals surface area contributed by atoms with Gasteiger partial charge in [-0.1, -0.05) is 25.4 Å². The highest BCUT2D eigenvalue weighted by molar-refractivity contribution is 6.30. The summed E-state index contributed by atoms with van der Waals surface area (Å²) in [6, 6.07) is 2.19. The number of carbonyl (C=O) groups is 1. The van der Waals surface area contributed by atoms with Crippen LogP contribution in [0.4, 0.5) is 0 Å². The van der Waals surface area contributed by atoms with Gasteiger partial charge in [0.25, 0.3) is 5.91 Å². The lowest BCUT2D eigenvalue weighted by atomic mass is 9.97. The number of hydrogen-bond donors (Lipinski definition) is 2. The fourth-order valence-electron chi connectivity index (χ4n) is 2.48. The Morgan fingerprint density at radius 3 is 3.05 bits per heavy atom. The first-order valence-electron chi connectivity index (χ1n) is 6.93. The number of aromatic amines is 1. The van der Waals surface area contributed by atoms with E-state index >= 15 is 0 Å². The van der Waals surface area contributed by atoms with E-state index in [4.69, 9.17) is 11.6 Å². The van der Waals surface area contributed by atoms with Gasteiger partial charge >= 0.3 is 0 Å². The number of nitrogens with zero attached hydrogens (tertiary/aromatic N) is 1. The van der Waals surface area contributed by atoms with Gasteiger partial charge in [0.05, 0.1) is 5.02 Å². The smallest absolute Gasteiger partial charge is 0.270 e. The highest BCUT2D eigenvalue weighted by Gasteiger charge is 2.25. The first-order chi connectivity index (χ1) is 9.06. The number of likely N-dealkylation sites (tertiary alicyclic amines) is 1. The number of amides is 1. The maximum Gasteiger partial charge on any atom is 0.270 e. The van der Waals surface area contributed by atoms with Crippen molar-refractivity contribution in [1.29, 1.82) is 0 Å². The van der Waals surface area contributed by atoms with Crippen LogP contribution in [0.2, 0.25) is 5.02 Å². The maximum atomic E-state index is 12.3. The van der Waals surface area contributed by atoms with E-state index < -0.39 is 0 Å². The Morgan fingerprint density at radius 1 is 1.63 bits per heavy atom. The van der Waals surface area contributed by atoms with Crippen molar-refractivity contribution in [3.63, 3.8) is 0 Å². The van der Waals surface area contributed by atoms with E-state index in [-0.39, 0.29) is 5.91 Å². The Kier molecular flexibility index (Phi) is 4.88. The minimum absolute atomic E-state index is 0.0566. The van der Waals surface area contributed by atoms with Crippen molar-refractivity contribution in [2.24, 2.45) is 5.92 Å². The Morgan fingerprint density at radius 2 is 2.42 bits per heavy atom. The fourth-order valence-corrected chi connectivity index (χ4v) is 2.64. The van der Waals surface area contributed by atoms with Crippen molar-refractivity contribution < 1.29 is 4.79 Å². The predicted molar refractivity (Wildman–Crippen MR) is 77.6 cm³/mol. The molecule has 2 heterocycles. The number of aromatic nitrogens is 1. The van der Waals surface area contributed by atoms with Gasteiger partial charge in [0.2, 0.25) is 0 Å². The highest BCUT2D eigenvalue weighted by Crippen LogP contribution is 2.19. The second-order valence-electron chi connectivity index (χ2n) is 5.55. The van der Waals surface area contributed by atoms with Crippen molar-refractivity contribution in [2.75, 3.05) is 19.6 Å². The molecule has 0 aromatic carbocycles. The van der Waals surface area contributed by atoms with E-state index in [1.54, 1.807) is 12.3 Å². The van der Waals surface area contributed by atoms with Crippen molar-refractivity contribution in [3.8, 4) is 0 Å². The van der Waals surface area contributed by atoms with Crippen LogP contribution < -0.4 is 5.32 Å². The predicted octanol–water partition coefficient (Wildman–Crippen LogP) is 2.52. The SMILES string of the molecule is CC(C)NCC1CCCN(C(=O)c2cc(Cl)c[nH]2)C1. The standard InChI is InChI=1S/C14H22ClN3O/c1-10(2)16-7-11-4-3-5-18(9-11)14(19)13-6-12(15)8-17-13/h6,8,10-11,16-17H,3-5,7,9H2,1-2H3. The summed E-state index contributed by atoms with van der Waals surface area (Å²) in [7, 11) is 0. The lowest BCUT2D eigenvalue weighted by Gasteiger charge is -2.33. The number of carbonyl (C=O) groups excluding carboxylic acids is 1. The zero-order chi connectivity index (χ0) is 13.8. The molecule has 19 heavy (non-hydrogen) atoms. The van der Waals surface area contributed by atoms with Crippen LogP contribution in [0.15, 0.2) is 12.3 Å². The molecule has 2 N–H and O–H groups in total. The number of hydrogen-bond acceptors (Lipinski definition) is 2. The second kappa shape index (κ2) is 6.44. The van der Waals surface area contributed by atoms with Crippen LogP contribution >= 0.6 is 11.6 Å². The van der Waals surface area contributed by atoms with Gasteiger partial charge in [-0.2, -0.15) is 0 Å². The first-order valence-corrected chi connectivity index (χ1v) is 7.30. The summed E-state index contributed by atoms with van der Waals surface area (Å²) in [5.74, 6) is 0.603. The Balaban J connectivity index is 1.91. The maximum absolute atomic E-state index is 12.3. The molecular weight excluding hydrogens is 262 g/mol. The molecule has 5 heteroatoms. The summed E-state index contributed by atoms with van der Waals surface area (Å²) in [6.45, 7) is 6.94. The van der Waals surface area contributed by atoms with E-state index in [1.165, 1.54) is 6.42 Å². The van der Waals surface area contributed by atoms with Gasteiger partial charge < -0.3 is 15.2 Å². The molecule has 1 aromatic rings. The average molecular weight is 284 g/mol. The monoisotopic (exact) mass is 283 g/mol. The van der Waals surface area contributed by atoms with Gasteiger partial charge in [-0.25, -0.2) is 0 Å². The van der Waals surface area contributed by atoms with Crippen LogP contribution in [0.1, 0.15) is 37.2 Å². The van der Waals surface area contributed by atoms with E-state index in [9.17, 15) is 4.79 Å². The summed E-state index contributed by atoms with van der Waals surface area (Å²) < 4.78 is 0. The number of halogens is 1. The number of rotatable bonds is 4. The van der Waals surface area contributed by atoms with Gasteiger partial charge in [-0.3, -0.25) is 4.79 Å². The third-order valence-electron chi connectivity index (χ3n) is 3.50. The van der Waals surface area contributed by atoms with Crippen LogP contribution in [-0.4, -0.2) is 41.5 Å². The molecule has 1 aromatic heterocycles. The van der Waals surface area contributed by atoms with Gasteiger partial charge in [0.1, 0.15) is 5.69 Å². The molecule has 0 aliphatic carbocycles. The molecule has 1 fully saturated rings. The lowest BCUT2D eigenvalue weighted by molar-refractivity contribution is 0.0667. The van der Waals surface area contributed by atoms with Crippen molar-refractivity contribution in [1.82, 2.24) is 15.2 Å². The minimum Gasteiger partial charge on any atom is -0.356 e. The van der Waals surface area contributed by atoms with E-state index in [2.05, 4.69) is 24.1 Å². The molecular formula is C14H22ClN3O. The lowest BCUT2D eigenvalue weighted by Crippen LogP contribution is -2.43. The molecule has 1 atom stereocenters. The molecule has 0 bridgehead atoms. The zero-order valence-electron chi connectivity index (χ0n) is 11.6. The number of piperidine rings is 1. The fraction of sp³-hybridized carbons (Fsp3) is 0.643. The summed E-state index contributed by atoms with van der Waals surface area (Å²) >= 11 is 5.84. The average Bonchev–Trinajstić information content (AvgIpc) is 2.82. The molecule has 1 saturated heterocycles. The molecule has 4 nitrogen and oxygen atoms in total. The van der Waals surface area contributed by atoms with E-state index in [0.717, 1.165) is 26.1 Å². The van der Waals surface area contributed by atoms with E-state index in [0.29, 0.717) is 22.7 Å². The van der Waals surface area contributed by atoms with Crippen molar-refractivity contribution in [2.45, 2.75) is 32.7 Å². The molecule has 106 valence electrons. The molecule has 0 saturated carbocycles. The largest absolute Gasteiger partial charge is 0.356 e. The van der Waals surface area contributed by atoms with Crippen LogP contribution in [0.5, 0.6) is 0 Å². The van der Waals surface area contributed by atoms with Gasteiger partial charge in [-0.15, -0.1) is 0 Å². The molecule has 2 rings (SSSR count). The molecule has 1 aliphatic heterocycles. The molecule has 1 aliphatic rings. The van der Waals surface area contributed by atoms with Crippen LogP contribution in [0.3, 0.4) is 0 Å². The molecule has 1 unspecified atom stereocenters. The van der Waals surface area contributed by atoms with Gasteiger partial charge in [0, 0.05) is 25.3 Å². The van der Waals surface area contributed by atoms with Crippen molar-refractivity contribution >= 4 is 17.5 Å².